The zero-order chi connectivity index (χ0) is 20.2. The molecule has 5 nitrogen and oxygen atoms in total. The minimum Gasteiger partial charge on any atom is -0.314 e. The third-order valence-corrected chi connectivity index (χ3v) is 7.87. The van der Waals surface area contributed by atoms with Crippen molar-refractivity contribution in [2.75, 3.05) is 16.4 Å². The van der Waals surface area contributed by atoms with E-state index in [0.29, 0.717) is 20.7 Å². The molecule has 2 aromatic rings. The van der Waals surface area contributed by atoms with Gasteiger partial charge in [0.15, 0.2) is 9.84 Å². The number of rotatable bonds is 3. The van der Waals surface area contributed by atoms with Crippen molar-refractivity contribution in [1.82, 2.24) is 4.90 Å². The van der Waals surface area contributed by atoms with Crippen molar-refractivity contribution in [3.05, 3.63) is 62.8 Å². The molecule has 0 aliphatic carbocycles. The van der Waals surface area contributed by atoms with Gasteiger partial charge in [-0.15, -0.1) is 0 Å². The summed E-state index contributed by atoms with van der Waals surface area (Å²) in [5, 5.41) is 0.500. The Hall–Kier alpha value is -1.64. The number of sulfone groups is 1. The van der Waals surface area contributed by atoms with Crippen molar-refractivity contribution in [2.24, 2.45) is 0 Å². The lowest BCUT2D eigenvalue weighted by molar-refractivity contribution is 0.205. The number of fused-ring (bicyclic) bond motifs is 1. The first-order chi connectivity index (χ1) is 13.2. The van der Waals surface area contributed by atoms with Gasteiger partial charge in [0.25, 0.3) is 0 Å². The zero-order valence-corrected chi connectivity index (χ0v) is 18.1. The lowest BCUT2D eigenvalue weighted by atomic mass is 10.1. The highest BCUT2D eigenvalue weighted by molar-refractivity contribution is 9.10. The number of carbonyl (C=O) groups is 1. The normalized spacial score (nSPS) is 23.4. The van der Waals surface area contributed by atoms with E-state index in [1.807, 2.05) is 6.92 Å². The first-order valence-corrected chi connectivity index (χ1v) is 11.7. The summed E-state index contributed by atoms with van der Waals surface area (Å²) in [4.78, 5) is 16.1. The van der Waals surface area contributed by atoms with E-state index in [4.69, 9.17) is 11.6 Å². The third kappa shape index (κ3) is 3.42. The van der Waals surface area contributed by atoms with Gasteiger partial charge in [0.2, 0.25) is 0 Å². The van der Waals surface area contributed by atoms with E-state index in [9.17, 15) is 17.6 Å². The highest BCUT2D eigenvalue weighted by Gasteiger charge is 2.53. The molecule has 0 N–H and O–H groups in total. The Morgan fingerprint density at radius 2 is 1.89 bits per heavy atom. The van der Waals surface area contributed by atoms with Crippen LogP contribution in [0, 0.1) is 12.7 Å². The Kier molecular flexibility index (Phi) is 4.92. The number of aryl methyl sites for hydroxylation is 1. The summed E-state index contributed by atoms with van der Waals surface area (Å²) in [6, 6.07) is 8.44. The van der Waals surface area contributed by atoms with Gasteiger partial charge >= 0.3 is 6.03 Å². The topological polar surface area (TPSA) is 57.7 Å². The van der Waals surface area contributed by atoms with Gasteiger partial charge in [-0.2, -0.15) is 0 Å². The van der Waals surface area contributed by atoms with E-state index >= 15 is 0 Å². The second kappa shape index (κ2) is 7.00. The molecule has 2 amide bonds. The van der Waals surface area contributed by atoms with Gasteiger partial charge < -0.3 is 4.90 Å². The van der Waals surface area contributed by atoms with E-state index in [1.165, 1.54) is 15.9 Å². The largest absolute Gasteiger partial charge is 0.325 e. The van der Waals surface area contributed by atoms with Gasteiger partial charge in [0.05, 0.1) is 30.1 Å². The van der Waals surface area contributed by atoms with Crippen LogP contribution >= 0.6 is 27.5 Å². The number of amides is 2. The number of anilines is 1. The van der Waals surface area contributed by atoms with Gasteiger partial charge in [-0.3, -0.25) is 4.90 Å². The molecule has 2 heterocycles. The molecule has 2 atom stereocenters. The molecule has 0 radical (unpaired) electrons. The van der Waals surface area contributed by atoms with Crippen molar-refractivity contribution >= 4 is 49.1 Å². The molecule has 9 heteroatoms. The van der Waals surface area contributed by atoms with Crippen LogP contribution in [0.1, 0.15) is 11.1 Å². The second-order valence-corrected chi connectivity index (χ2v) is 10.6. The summed E-state index contributed by atoms with van der Waals surface area (Å²) in [5.74, 6) is -0.692. The van der Waals surface area contributed by atoms with E-state index < -0.39 is 27.7 Å². The molecule has 2 aliphatic heterocycles. The van der Waals surface area contributed by atoms with E-state index in [1.54, 1.807) is 30.3 Å². The van der Waals surface area contributed by atoms with Gasteiger partial charge in [-0.05, 0) is 36.8 Å². The fourth-order valence-electron chi connectivity index (χ4n) is 3.83. The minimum absolute atomic E-state index is 0.00469. The Bertz CT molecular complexity index is 1080. The van der Waals surface area contributed by atoms with Crippen molar-refractivity contribution < 1.29 is 17.6 Å². The monoisotopic (exact) mass is 486 g/mol. The predicted octanol–water partition coefficient (Wildman–Crippen LogP) is 4.16. The summed E-state index contributed by atoms with van der Waals surface area (Å²) >= 11 is 9.43. The van der Waals surface area contributed by atoms with Gasteiger partial charge in [0.1, 0.15) is 5.82 Å². The first-order valence-electron chi connectivity index (χ1n) is 8.66. The standard InChI is InChI=1S/C19H17BrClFN2O3S/c1-11-2-5-14(7-15(11)21)24-18-10-28(26,27)9-17(18)23(19(24)25)8-12-3-4-13(20)6-16(12)22/h2-7,17-18H,8-10H2,1H3/t17-,18-/m0/s1. The predicted molar refractivity (Wildman–Crippen MR) is 110 cm³/mol. The highest BCUT2D eigenvalue weighted by Crippen LogP contribution is 2.37. The Morgan fingerprint density at radius 1 is 1.18 bits per heavy atom. The molecule has 0 saturated carbocycles. The van der Waals surface area contributed by atoms with Crippen LogP contribution < -0.4 is 4.90 Å². The lowest BCUT2D eigenvalue weighted by Crippen LogP contribution is -2.37. The minimum atomic E-state index is -3.30. The summed E-state index contributed by atoms with van der Waals surface area (Å²) in [7, 11) is -3.30. The molecule has 0 spiro atoms. The Labute approximate surface area is 176 Å². The maximum atomic E-state index is 14.3. The molecule has 0 unspecified atom stereocenters. The molecule has 4 rings (SSSR count). The molecule has 2 aromatic carbocycles. The van der Waals surface area contributed by atoms with E-state index in [2.05, 4.69) is 15.9 Å². The van der Waals surface area contributed by atoms with Crippen LogP contribution in [0.5, 0.6) is 0 Å². The van der Waals surface area contributed by atoms with Crippen molar-refractivity contribution in [3.63, 3.8) is 0 Å². The maximum Gasteiger partial charge on any atom is 0.325 e. The number of benzene rings is 2. The highest BCUT2D eigenvalue weighted by atomic mass is 79.9. The molecular formula is C19H17BrClFN2O3S. The van der Waals surface area contributed by atoms with Crippen molar-refractivity contribution in [1.29, 1.82) is 0 Å². The molecule has 2 fully saturated rings. The average Bonchev–Trinajstić information content (AvgIpc) is 3.03. The van der Waals surface area contributed by atoms with Crippen LogP contribution in [-0.2, 0) is 16.4 Å². The van der Waals surface area contributed by atoms with Gasteiger partial charge in [-0.25, -0.2) is 17.6 Å². The molecule has 0 aromatic heterocycles. The zero-order valence-electron chi connectivity index (χ0n) is 14.9. The van der Waals surface area contributed by atoms with Crippen LogP contribution in [0.2, 0.25) is 5.02 Å². The molecule has 28 heavy (non-hydrogen) atoms. The van der Waals surface area contributed by atoms with Crippen LogP contribution in [0.3, 0.4) is 0 Å². The smallest absolute Gasteiger partial charge is 0.314 e. The van der Waals surface area contributed by atoms with Crippen LogP contribution in [0.15, 0.2) is 40.9 Å². The summed E-state index contributed by atoms with van der Waals surface area (Å²) in [5.41, 5.74) is 1.75. The molecule has 2 saturated heterocycles. The number of hydrogen-bond acceptors (Lipinski definition) is 3. The second-order valence-electron chi connectivity index (χ2n) is 7.16. The number of halogens is 3. The fraction of sp³-hybridized carbons (Fsp3) is 0.316. The van der Waals surface area contributed by atoms with Crippen LogP contribution in [-0.4, -0.2) is 42.9 Å². The maximum absolute atomic E-state index is 14.3. The Morgan fingerprint density at radius 3 is 2.57 bits per heavy atom. The number of carbonyl (C=O) groups excluding carboxylic acids is 1. The van der Waals surface area contributed by atoms with Gasteiger partial charge in [-0.1, -0.05) is 39.7 Å². The number of hydrogen-bond donors (Lipinski definition) is 0. The molecular weight excluding hydrogens is 471 g/mol. The summed E-state index contributed by atoms with van der Waals surface area (Å²) < 4.78 is 39.5. The SMILES string of the molecule is Cc1ccc(N2C(=O)N(Cc3ccc(Br)cc3F)[C@H]3CS(=O)(=O)C[C@@H]32)cc1Cl. The summed E-state index contributed by atoms with van der Waals surface area (Å²) in [6.07, 6.45) is 0. The van der Waals surface area contributed by atoms with Crippen LogP contribution in [0.4, 0.5) is 14.9 Å². The Balaban J connectivity index is 1.73. The first kappa shape index (κ1) is 19.7. The molecule has 2 aliphatic rings. The fourth-order valence-corrected chi connectivity index (χ4v) is 6.29. The number of nitrogens with zero attached hydrogens (tertiary/aromatic N) is 2. The lowest BCUT2D eigenvalue weighted by Gasteiger charge is -2.23. The van der Waals surface area contributed by atoms with E-state index in [0.717, 1.165) is 5.56 Å². The molecule has 0 bridgehead atoms. The summed E-state index contributed by atoms with van der Waals surface area (Å²) in [6.45, 7) is 1.86. The van der Waals surface area contributed by atoms with Crippen LogP contribution in [0.25, 0.3) is 0 Å². The van der Waals surface area contributed by atoms with E-state index in [-0.39, 0.29) is 24.1 Å². The third-order valence-electron chi connectivity index (χ3n) is 5.27. The van der Waals surface area contributed by atoms with Crippen molar-refractivity contribution in [3.8, 4) is 0 Å². The van der Waals surface area contributed by atoms with Crippen molar-refractivity contribution in [2.45, 2.75) is 25.6 Å². The number of urea groups is 1. The average molecular weight is 488 g/mol. The van der Waals surface area contributed by atoms with Gasteiger partial charge in [0, 0.05) is 20.7 Å². The molecule has 148 valence electrons. The quantitative estimate of drug-likeness (QED) is 0.611.